The van der Waals surface area contributed by atoms with E-state index in [2.05, 4.69) is 29.3 Å². The van der Waals surface area contributed by atoms with Crippen LogP contribution in [0.1, 0.15) is 30.7 Å². The summed E-state index contributed by atoms with van der Waals surface area (Å²) >= 11 is 0. The van der Waals surface area contributed by atoms with Gasteiger partial charge in [0, 0.05) is 32.4 Å². The van der Waals surface area contributed by atoms with Crippen molar-refractivity contribution in [2.45, 2.75) is 20.3 Å². The molecule has 1 heterocycles. The molecular weight excluding hydrogens is 466 g/mol. The van der Waals surface area contributed by atoms with E-state index in [4.69, 9.17) is 5.11 Å². The first-order chi connectivity index (χ1) is 10.6. The molecule has 3 nitrogen and oxygen atoms in total. The number of carbonyl (C=O) groups is 1. The van der Waals surface area contributed by atoms with E-state index in [9.17, 15) is 4.79 Å². The van der Waals surface area contributed by atoms with Crippen LogP contribution < -0.4 is 0 Å². The fourth-order valence-electron chi connectivity index (χ4n) is 2.18. The second kappa shape index (κ2) is 9.19. The summed E-state index contributed by atoms with van der Waals surface area (Å²) in [4.78, 5) is 14.4. The predicted octanol–water partition coefficient (Wildman–Crippen LogP) is 3.91. The summed E-state index contributed by atoms with van der Waals surface area (Å²) in [6.45, 7) is 2.85. The Kier molecular flexibility index (Phi) is 7.59. The van der Waals surface area contributed by atoms with Gasteiger partial charge in [0.1, 0.15) is 0 Å². The Morgan fingerprint density at radius 1 is 1.17 bits per heavy atom. The maximum absolute atomic E-state index is 10.0. The first kappa shape index (κ1) is 19.0. The van der Waals surface area contributed by atoms with E-state index >= 15 is 0 Å². The van der Waals surface area contributed by atoms with Crippen molar-refractivity contribution in [2.75, 3.05) is 0 Å². The monoisotopic (exact) mass is 485 g/mol. The summed E-state index contributed by atoms with van der Waals surface area (Å²) in [7, 11) is 0. The van der Waals surface area contributed by atoms with E-state index in [0.717, 1.165) is 12.1 Å². The van der Waals surface area contributed by atoms with Crippen LogP contribution >= 0.6 is 0 Å². The molecule has 2 aromatic rings. The number of rotatable bonds is 2. The number of carbonyl (C=O) groups excluding carboxylic acids is 1. The zero-order chi connectivity index (χ0) is 15.9. The topological polar surface area (TPSA) is 50.2 Å². The number of nitrogens with zero attached hydrogens (tertiary/aromatic N) is 1. The second-order valence-corrected chi connectivity index (χ2v) is 5.05. The number of aromatic nitrogens is 1. The van der Waals surface area contributed by atoms with Gasteiger partial charge in [-0.2, -0.15) is 0 Å². The molecule has 0 saturated carbocycles. The average Bonchev–Trinajstić information content (AvgIpc) is 2.91. The maximum atomic E-state index is 10.0. The normalized spacial score (nSPS) is 12.3. The van der Waals surface area contributed by atoms with Gasteiger partial charge in [-0.1, -0.05) is 24.6 Å². The third kappa shape index (κ3) is 5.93. The Balaban J connectivity index is 0.000000287. The molecule has 0 aliphatic heterocycles. The summed E-state index contributed by atoms with van der Waals surface area (Å²) in [5.41, 5.74) is 4.78. The Morgan fingerprint density at radius 2 is 1.87 bits per heavy atom. The van der Waals surface area contributed by atoms with Crippen LogP contribution in [0.5, 0.6) is 0 Å². The molecule has 0 fully saturated rings. The van der Waals surface area contributed by atoms with Crippen LogP contribution in [-0.4, -0.2) is 15.9 Å². The van der Waals surface area contributed by atoms with Gasteiger partial charge in [-0.15, -0.1) is 41.0 Å². The number of aliphatic hydroxyl groups is 1. The van der Waals surface area contributed by atoms with E-state index in [1.165, 1.54) is 36.6 Å². The molecule has 121 valence electrons. The van der Waals surface area contributed by atoms with Crippen molar-refractivity contribution in [1.29, 1.82) is 0 Å². The number of pyridine rings is 1. The van der Waals surface area contributed by atoms with Gasteiger partial charge in [0.2, 0.25) is 0 Å². The number of fused-ring (bicyclic) bond motifs is 1. The molecule has 1 aliphatic carbocycles. The van der Waals surface area contributed by atoms with Crippen LogP contribution in [0, 0.1) is 6.08 Å². The first-order valence-corrected chi connectivity index (χ1v) is 7.06. The van der Waals surface area contributed by atoms with E-state index in [1.54, 1.807) is 0 Å². The van der Waals surface area contributed by atoms with Gasteiger partial charge in [-0.25, -0.2) is 0 Å². The predicted molar refractivity (Wildman–Crippen MR) is 87.2 cm³/mol. The molecule has 4 heteroatoms. The van der Waals surface area contributed by atoms with Crippen molar-refractivity contribution in [3.05, 3.63) is 83.4 Å². The van der Waals surface area contributed by atoms with Crippen molar-refractivity contribution in [2.24, 2.45) is 0 Å². The zero-order valence-corrected chi connectivity index (χ0v) is 15.4. The van der Waals surface area contributed by atoms with Crippen LogP contribution in [0.15, 0.2) is 60.5 Å². The van der Waals surface area contributed by atoms with Gasteiger partial charge < -0.3 is 10.1 Å². The number of allylic oxidation sites excluding steroid dienone is 3. The van der Waals surface area contributed by atoms with E-state index < -0.39 is 0 Å². The molecule has 3 rings (SSSR count). The Morgan fingerprint density at radius 3 is 2.39 bits per heavy atom. The van der Waals surface area contributed by atoms with Crippen LogP contribution in [-0.2, 0) is 31.3 Å². The maximum Gasteiger partial charge on any atom is 0.155 e. The molecule has 0 spiro atoms. The largest absolute Gasteiger partial charge is 0.512 e. The molecule has 23 heavy (non-hydrogen) atoms. The van der Waals surface area contributed by atoms with Crippen LogP contribution in [0.3, 0.4) is 0 Å². The molecule has 0 unspecified atom stereocenters. The van der Waals surface area contributed by atoms with Crippen LogP contribution in [0.4, 0.5) is 0 Å². The fourth-order valence-corrected chi connectivity index (χ4v) is 2.18. The van der Waals surface area contributed by atoms with Gasteiger partial charge in [-0.3, -0.25) is 4.79 Å². The minimum Gasteiger partial charge on any atom is -0.512 e. The summed E-state index contributed by atoms with van der Waals surface area (Å²) < 4.78 is 0. The van der Waals surface area contributed by atoms with Gasteiger partial charge in [0.05, 0.1) is 5.76 Å². The number of benzene rings is 1. The Labute approximate surface area is 150 Å². The molecule has 1 aliphatic rings. The quantitative estimate of drug-likeness (QED) is 0.400. The summed E-state index contributed by atoms with van der Waals surface area (Å²) in [5, 5.41) is 8.36. The van der Waals surface area contributed by atoms with Crippen LogP contribution in [0.25, 0.3) is 5.57 Å². The van der Waals surface area contributed by atoms with Gasteiger partial charge >= 0.3 is 0 Å². The minimum atomic E-state index is -0.125. The summed E-state index contributed by atoms with van der Waals surface area (Å²) in [6, 6.07) is 14.4. The Hall–Kier alpha value is -2.03. The van der Waals surface area contributed by atoms with E-state index in [0.29, 0.717) is 0 Å². The van der Waals surface area contributed by atoms with Crippen LogP contribution in [0.2, 0.25) is 0 Å². The Bertz CT molecular complexity index is 717. The third-order valence-corrected chi connectivity index (χ3v) is 3.06. The van der Waals surface area contributed by atoms with Gasteiger partial charge in [-0.05, 0) is 25.6 Å². The third-order valence-electron chi connectivity index (χ3n) is 3.06. The van der Waals surface area contributed by atoms with Gasteiger partial charge in [0.15, 0.2) is 5.78 Å². The molecular formula is C19H18IrNO2-. The summed E-state index contributed by atoms with van der Waals surface area (Å²) in [6.07, 6.45) is 7.35. The van der Waals surface area contributed by atoms with E-state index in [1.807, 2.05) is 30.5 Å². The molecule has 1 aromatic carbocycles. The SMILES string of the molecule is CC(=O)/C=C(/C)O.[C-]1=C(c2ccccn2)Cc2ccccc21.[Ir]. The summed E-state index contributed by atoms with van der Waals surface area (Å²) in [5.74, 6) is -0.0625. The zero-order valence-electron chi connectivity index (χ0n) is 13.0. The molecule has 0 bridgehead atoms. The fraction of sp³-hybridized carbons (Fsp3) is 0.158. The number of hydrogen-bond donors (Lipinski definition) is 1. The molecule has 1 radical (unpaired) electrons. The second-order valence-electron chi connectivity index (χ2n) is 5.05. The van der Waals surface area contributed by atoms with Crippen molar-refractivity contribution in [1.82, 2.24) is 4.98 Å². The minimum absolute atomic E-state index is 0. The van der Waals surface area contributed by atoms with Crippen molar-refractivity contribution >= 4 is 11.4 Å². The van der Waals surface area contributed by atoms with Gasteiger partial charge in [0.25, 0.3) is 0 Å². The van der Waals surface area contributed by atoms with Crippen molar-refractivity contribution in [3.8, 4) is 0 Å². The molecule has 1 aromatic heterocycles. The standard InChI is InChI=1S/C14H10N.C5H8O2.Ir/c1-2-6-12-10-13(9-11(12)5-1)14-7-3-4-8-15-14;1-4(6)3-5(2)7;/h1-8H,9H2;3,6H,1-2H3;/q-1;;/b;4-3-;. The molecule has 1 N–H and O–H groups in total. The molecule has 0 atom stereocenters. The smallest absolute Gasteiger partial charge is 0.155 e. The van der Waals surface area contributed by atoms with Crippen molar-refractivity contribution < 1.29 is 30.0 Å². The molecule has 0 amide bonds. The van der Waals surface area contributed by atoms with Crippen molar-refractivity contribution in [3.63, 3.8) is 0 Å². The van der Waals surface area contributed by atoms with E-state index in [-0.39, 0.29) is 31.6 Å². The molecule has 0 saturated heterocycles. The number of ketones is 1. The average molecular weight is 485 g/mol. The first-order valence-electron chi connectivity index (χ1n) is 7.06. The number of aliphatic hydroxyl groups excluding tert-OH is 1. The number of hydrogen-bond acceptors (Lipinski definition) is 3.